The Morgan fingerprint density at radius 1 is 1.21 bits per heavy atom. The number of hydrogen-bond donors (Lipinski definition) is 0. The highest BCUT2D eigenvalue weighted by molar-refractivity contribution is 4.77. The van der Waals surface area contributed by atoms with Crippen molar-refractivity contribution in [1.82, 2.24) is 0 Å². The lowest BCUT2D eigenvalue weighted by Gasteiger charge is -2.20. The molecule has 2 unspecified atom stereocenters. The number of hydrogen-bond acceptors (Lipinski definition) is 1. The molecule has 0 aromatic heterocycles. The summed E-state index contributed by atoms with van der Waals surface area (Å²) in [6, 6.07) is 0. The van der Waals surface area contributed by atoms with Crippen LogP contribution in [0.4, 0.5) is 0 Å². The van der Waals surface area contributed by atoms with E-state index in [0.717, 1.165) is 24.5 Å². The Bertz CT molecular complexity index is 129. The van der Waals surface area contributed by atoms with Crippen LogP contribution in [0.15, 0.2) is 12.3 Å². The fraction of sp³-hybridized carbons (Fsp3) is 0.846. The van der Waals surface area contributed by atoms with E-state index in [4.69, 9.17) is 4.74 Å². The van der Waals surface area contributed by atoms with Gasteiger partial charge >= 0.3 is 0 Å². The molecule has 14 heavy (non-hydrogen) atoms. The Kier molecular flexibility index (Phi) is 12.1. The van der Waals surface area contributed by atoms with E-state index in [1.54, 1.807) is 0 Å². The van der Waals surface area contributed by atoms with E-state index in [1.165, 1.54) is 6.42 Å². The second-order valence-corrected chi connectivity index (χ2v) is 3.60. The average molecular weight is 200 g/mol. The minimum absolute atomic E-state index is 0.373. The zero-order valence-corrected chi connectivity index (χ0v) is 10.9. The van der Waals surface area contributed by atoms with Gasteiger partial charge in [-0.05, 0) is 25.7 Å². The summed E-state index contributed by atoms with van der Waals surface area (Å²) in [6.45, 7) is 16.3. The smallest absolute Gasteiger partial charge is 0.0982 e. The summed E-state index contributed by atoms with van der Waals surface area (Å²) in [5.74, 6) is 1.60. The van der Waals surface area contributed by atoms with E-state index in [-0.39, 0.29) is 0 Å². The molecule has 0 rings (SSSR count). The van der Waals surface area contributed by atoms with Crippen molar-refractivity contribution >= 4 is 0 Å². The predicted molar refractivity (Wildman–Crippen MR) is 65.4 cm³/mol. The Morgan fingerprint density at radius 3 is 2.00 bits per heavy atom. The molecule has 0 bridgehead atoms. The molecule has 0 saturated carbocycles. The molecule has 2 atom stereocenters. The maximum atomic E-state index is 5.58. The second-order valence-electron chi connectivity index (χ2n) is 3.60. The SMILES string of the molecule is C=C(C)OC(CC)CC(C)CC.CC. The molecule has 0 aliphatic heterocycles. The zero-order chi connectivity index (χ0) is 11.6. The monoisotopic (exact) mass is 200 g/mol. The van der Waals surface area contributed by atoms with Crippen LogP contribution in [0.25, 0.3) is 0 Å². The van der Waals surface area contributed by atoms with Crippen molar-refractivity contribution in [1.29, 1.82) is 0 Å². The summed E-state index contributed by atoms with van der Waals surface area (Å²) >= 11 is 0. The summed E-state index contributed by atoms with van der Waals surface area (Å²) < 4.78 is 5.58. The molecule has 0 heterocycles. The van der Waals surface area contributed by atoms with E-state index < -0.39 is 0 Å². The highest BCUT2D eigenvalue weighted by Crippen LogP contribution is 2.16. The van der Waals surface area contributed by atoms with Gasteiger partial charge in [-0.2, -0.15) is 0 Å². The van der Waals surface area contributed by atoms with E-state index in [9.17, 15) is 0 Å². The first kappa shape index (κ1) is 16.0. The van der Waals surface area contributed by atoms with Gasteiger partial charge in [-0.25, -0.2) is 0 Å². The molecular weight excluding hydrogens is 172 g/mol. The van der Waals surface area contributed by atoms with Gasteiger partial charge in [-0.15, -0.1) is 0 Å². The Morgan fingerprint density at radius 2 is 1.71 bits per heavy atom. The normalized spacial score (nSPS) is 13.6. The minimum Gasteiger partial charge on any atom is -0.496 e. The third kappa shape index (κ3) is 9.63. The molecule has 0 N–H and O–H groups in total. The summed E-state index contributed by atoms with van der Waals surface area (Å²) in [5.41, 5.74) is 0. The lowest BCUT2D eigenvalue weighted by molar-refractivity contribution is 0.0928. The molecule has 0 saturated heterocycles. The molecule has 1 nitrogen and oxygen atoms in total. The van der Waals surface area contributed by atoms with Gasteiger partial charge in [-0.1, -0.05) is 47.6 Å². The van der Waals surface area contributed by atoms with Crippen LogP contribution in [0.3, 0.4) is 0 Å². The van der Waals surface area contributed by atoms with Crippen LogP contribution >= 0.6 is 0 Å². The van der Waals surface area contributed by atoms with Gasteiger partial charge in [0.2, 0.25) is 0 Å². The van der Waals surface area contributed by atoms with Crippen LogP contribution in [-0.4, -0.2) is 6.10 Å². The Labute approximate surface area is 90.5 Å². The van der Waals surface area contributed by atoms with Crippen LogP contribution in [0.2, 0.25) is 0 Å². The largest absolute Gasteiger partial charge is 0.496 e. The van der Waals surface area contributed by atoms with Crippen molar-refractivity contribution in [3.8, 4) is 0 Å². The molecule has 0 aliphatic carbocycles. The van der Waals surface area contributed by atoms with Crippen molar-refractivity contribution in [3.63, 3.8) is 0 Å². The highest BCUT2D eigenvalue weighted by atomic mass is 16.5. The van der Waals surface area contributed by atoms with Crippen molar-refractivity contribution in [2.45, 2.75) is 66.9 Å². The van der Waals surface area contributed by atoms with Gasteiger partial charge in [0.1, 0.15) is 0 Å². The molecule has 0 aromatic carbocycles. The van der Waals surface area contributed by atoms with Crippen molar-refractivity contribution in [2.24, 2.45) is 5.92 Å². The van der Waals surface area contributed by atoms with Gasteiger partial charge in [0.25, 0.3) is 0 Å². The molecule has 0 aliphatic rings. The van der Waals surface area contributed by atoms with Gasteiger partial charge in [0.05, 0.1) is 11.9 Å². The molecule has 86 valence electrons. The van der Waals surface area contributed by atoms with Crippen LogP contribution < -0.4 is 0 Å². The fourth-order valence-corrected chi connectivity index (χ4v) is 1.20. The number of ether oxygens (including phenoxy) is 1. The van der Waals surface area contributed by atoms with Crippen LogP contribution in [-0.2, 0) is 4.74 Å². The lowest BCUT2D eigenvalue weighted by Crippen LogP contribution is -2.14. The van der Waals surface area contributed by atoms with E-state index in [2.05, 4.69) is 27.4 Å². The van der Waals surface area contributed by atoms with Crippen LogP contribution in [0.1, 0.15) is 60.8 Å². The summed E-state index contributed by atoms with van der Waals surface area (Å²) in [5, 5.41) is 0. The summed E-state index contributed by atoms with van der Waals surface area (Å²) in [4.78, 5) is 0. The number of rotatable bonds is 6. The first-order chi connectivity index (χ1) is 6.60. The third-order valence-electron chi connectivity index (χ3n) is 2.19. The van der Waals surface area contributed by atoms with E-state index in [1.807, 2.05) is 20.8 Å². The molecule has 1 heteroatoms. The number of allylic oxidation sites excluding steroid dienone is 1. The molecule has 0 amide bonds. The van der Waals surface area contributed by atoms with E-state index >= 15 is 0 Å². The standard InChI is InChI=1S/C11H22O.C2H6/c1-6-10(5)8-11(7-2)12-9(3)4;1-2/h10-11H,3,6-8H2,1-2,4-5H3;1-2H3. The third-order valence-corrected chi connectivity index (χ3v) is 2.19. The van der Waals surface area contributed by atoms with Crippen LogP contribution in [0, 0.1) is 5.92 Å². The van der Waals surface area contributed by atoms with Gasteiger partial charge in [0, 0.05) is 0 Å². The van der Waals surface area contributed by atoms with Crippen molar-refractivity contribution in [2.75, 3.05) is 0 Å². The predicted octanol–water partition coefficient (Wildman–Crippen LogP) is 4.78. The van der Waals surface area contributed by atoms with Gasteiger partial charge in [0.15, 0.2) is 0 Å². The molecule has 0 spiro atoms. The Hall–Kier alpha value is -0.460. The molecular formula is C13H28O. The average Bonchev–Trinajstić information content (AvgIpc) is 2.19. The maximum Gasteiger partial charge on any atom is 0.0982 e. The fourth-order valence-electron chi connectivity index (χ4n) is 1.20. The first-order valence-corrected chi connectivity index (χ1v) is 5.92. The van der Waals surface area contributed by atoms with Gasteiger partial charge in [-0.3, -0.25) is 0 Å². The quantitative estimate of drug-likeness (QED) is 0.561. The topological polar surface area (TPSA) is 9.23 Å². The van der Waals surface area contributed by atoms with Crippen LogP contribution in [0.5, 0.6) is 0 Å². The van der Waals surface area contributed by atoms with Gasteiger partial charge < -0.3 is 4.74 Å². The lowest BCUT2D eigenvalue weighted by atomic mass is 10.00. The van der Waals surface area contributed by atoms with E-state index in [0.29, 0.717) is 6.10 Å². The second kappa shape index (κ2) is 10.6. The first-order valence-electron chi connectivity index (χ1n) is 5.92. The molecule has 0 fully saturated rings. The van der Waals surface area contributed by atoms with Crippen molar-refractivity contribution < 1.29 is 4.74 Å². The minimum atomic E-state index is 0.373. The highest BCUT2D eigenvalue weighted by Gasteiger charge is 2.10. The zero-order valence-electron chi connectivity index (χ0n) is 10.9. The molecule has 0 radical (unpaired) electrons. The Balaban J connectivity index is 0. The molecule has 0 aromatic rings. The summed E-state index contributed by atoms with van der Waals surface area (Å²) in [6.07, 6.45) is 3.84. The summed E-state index contributed by atoms with van der Waals surface area (Å²) in [7, 11) is 0. The van der Waals surface area contributed by atoms with Crippen molar-refractivity contribution in [3.05, 3.63) is 12.3 Å². The maximum absolute atomic E-state index is 5.58.